The molecule has 0 atom stereocenters. The largest absolute Gasteiger partial charge is 0.378 e. The van der Waals surface area contributed by atoms with Gasteiger partial charge in [0.15, 0.2) is 5.96 Å². The van der Waals surface area contributed by atoms with Crippen LogP contribution >= 0.6 is 11.3 Å². The van der Waals surface area contributed by atoms with Gasteiger partial charge in [0.2, 0.25) is 0 Å². The number of thiophene rings is 1. The number of hydrogen-bond donors (Lipinski definition) is 2. The van der Waals surface area contributed by atoms with Crippen LogP contribution in [0.15, 0.2) is 46.8 Å². The third-order valence-corrected chi connectivity index (χ3v) is 5.28. The highest BCUT2D eigenvalue weighted by atomic mass is 32.1. The zero-order valence-corrected chi connectivity index (χ0v) is 16.2. The van der Waals surface area contributed by atoms with E-state index >= 15 is 0 Å². The molecule has 1 aliphatic heterocycles. The van der Waals surface area contributed by atoms with Crippen molar-refractivity contribution in [2.24, 2.45) is 4.99 Å². The number of nitrogens with zero attached hydrogens (tertiary/aromatic N) is 2. The number of ether oxygens (including phenoxy) is 1. The number of benzene rings is 1. The Morgan fingerprint density at radius 2 is 2.00 bits per heavy atom. The lowest BCUT2D eigenvalue weighted by molar-refractivity contribution is 0.122. The average Bonchev–Trinajstić information content (AvgIpc) is 3.20. The fraction of sp³-hybridized carbons (Fsp3) is 0.450. The quantitative estimate of drug-likeness (QED) is 0.580. The summed E-state index contributed by atoms with van der Waals surface area (Å²) in [5.74, 6) is 0.876. The van der Waals surface area contributed by atoms with Gasteiger partial charge in [0.1, 0.15) is 0 Å². The van der Waals surface area contributed by atoms with Crippen LogP contribution in [0.1, 0.15) is 17.4 Å². The maximum absolute atomic E-state index is 5.48. The Bertz CT molecular complexity index is 681. The molecule has 0 spiro atoms. The Hall–Kier alpha value is -2.05. The van der Waals surface area contributed by atoms with Crippen molar-refractivity contribution in [2.45, 2.75) is 19.9 Å². The van der Waals surface area contributed by atoms with E-state index in [4.69, 9.17) is 9.73 Å². The number of nitrogens with one attached hydrogen (secondary N) is 2. The van der Waals surface area contributed by atoms with E-state index in [-0.39, 0.29) is 0 Å². The molecule has 140 valence electrons. The van der Waals surface area contributed by atoms with Crippen molar-refractivity contribution in [3.63, 3.8) is 0 Å². The smallest absolute Gasteiger partial charge is 0.191 e. The summed E-state index contributed by atoms with van der Waals surface area (Å²) in [5.41, 5.74) is 2.53. The van der Waals surface area contributed by atoms with Crippen molar-refractivity contribution in [1.82, 2.24) is 10.6 Å². The summed E-state index contributed by atoms with van der Waals surface area (Å²) in [6.07, 6.45) is 1.02. The molecular weight excluding hydrogens is 344 g/mol. The molecule has 0 amide bonds. The molecule has 26 heavy (non-hydrogen) atoms. The predicted octanol–water partition coefficient (Wildman–Crippen LogP) is 2.88. The van der Waals surface area contributed by atoms with E-state index in [1.54, 1.807) is 11.3 Å². The van der Waals surface area contributed by atoms with E-state index in [9.17, 15) is 0 Å². The number of anilines is 1. The minimum absolute atomic E-state index is 0.669. The number of guanidine groups is 1. The second-order valence-electron chi connectivity index (χ2n) is 6.18. The molecule has 2 heterocycles. The molecule has 2 aromatic rings. The molecule has 6 heteroatoms. The molecule has 0 bridgehead atoms. The van der Waals surface area contributed by atoms with Crippen molar-refractivity contribution in [3.8, 4) is 0 Å². The highest BCUT2D eigenvalue weighted by molar-refractivity contribution is 7.09. The average molecular weight is 373 g/mol. The lowest BCUT2D eigenvalue weighted by Crippen LogP contribution is -2.38. The summed E-state index contributed by atoms with van der Waals surface area (Å²) in [6.45, 7) is 7.99. The number of hydrogen-bond acceptors (Lipinski definition) is 4. The summed E-state index contributed by atoms with van der Waals surface area (Å²) in [4.78, 5) is 8.59. The monoisotopic (exact) mass is 372 g/mol. The topological polar surface area (TPSA) is 48.9 Å². The fourth-order valence-electron chi connectivity index (χ4n) is 3.02. The Morgan fingerprint density at radius 3 is 2.77 bits per heavy atom. The first-order valence-electron chi connectivity index (χ1n) is 9.32. The van der Waals surface area contributed by atoms with Crippen LogP contribution in [0.25, 0.3) is 0 Å². The third kappa shape index (κ3) is 5.47. The number of para-hydroxylation sites is 1. The van der Waals surface area contributed by atoms with Gasteiger partial charge in [0.25, 0.3) is 0 Å². The molecular formula is C20H28N4OS. The van der Waals surface area contributed by atoms with E-state index in [0.717, 1.165) is 51.8 Å². The van der Waals surface area contributed by atoms with Gasteiger partial charge in [-0.15, -0.1) is 11.3 Å². The van der Waals surface area contributed by atoms with E-state index in [1.807, 2.05) is 0 Å². The summed E-state index contributed by atoms with van der Waals surface area (Å²) < 4.78 is 5.48. The molecule has 1 fully saturated rings. The lowest BCUT2D eigenvalue weighted by atomic mass is 10.1. The second-order valence-corrected chi connectivity index (χ2v) is 7.21. The minimum atomic E-state index is 0.669. The van der Waals surface area contributed by atoms with Crippen LogP contribution in [0.3, 0.4) is 0 Å². The predicted molar refractivity (Wildman–Crippen MR) is 110 cm³/mol. The van der Waals surface area contributed by atoms with Crippen LogP contribution in [0.2, 0.25) is 0 Å². The fourth-order valence-corrected chi connectivity index (χ4v) is 3.73. The standard InChI is InChI=1S/C20H28N4OS/c1-2-21-20(22-10-9-18-7-5-15-26-18)23-16-17-6-3-4-8-19(17)24-11-13-25-14-12-24/h3-8,15H,2,9-14,16H2,1H3,(H2,21,22,23). The zero-order chi connectivity index (χ0) is 18.0. The van der Waals surface area contributed by atoms with Gasteiger partial charge in [-0.2, -0.15) is 0 Å². The van der Waals surface area contributed by atoms with Gasteiger partial charge in [-0.3, -0.25) is 0 Å². The molecule has 5 nitrogen and oxygen atoms in total. The Morgan fingerprint density at radius 1 is 1.15 bits per heavy atom. The Labute approximate surface area is 160 Å². The van der Waals surface area contributed by atoms with Gasteiger partial charge in [-0.1, -0.05) is 24.3 Å². The molecule has 0 unspecified atom stereocenters. The molecule has 1 aromatic carbocycles. The molecule has 0 saturated carbocycles. The third-order valence-electron chi connectivity index (χ3n) is 4.34. The maximum atomic E-state index is 5.48. The minimum Gasteiger partial charge on any atom is -0.378 e. The van der Waals surface area contributed by atoms with Crippen molar-refractivity contribution in [1.29, 1.82) is 0 Å². The first kappa shape index (κ1) is 18.7. The number of aliphatic imine (C=N–C) groups is 1. The highest BCUT2D eigenvalue weighted by Gasteiger charge is 2.14. The molecule has 1 aliphatic rings. The first-order chi connectivity index (χ1) is 12.9. The maximum Gasteiger partial charge on any atom is 0.191 e. The van der Waals surface area contributed by atoms with Crippen LogP contribution in [0.5, 0.6) is 0 Å². The summed E-state index contributed by atoms with van der Waals surface area (Å²) in [5, 5.41) is 8.90. The molecule has 3 rings (SSSR count). The molecule has 2 N–H and O–H groups in total. The van der Waals surface area contributed by atoms with Crippen molar-refractivity contribution in [3.05, 3.63) is 52.2 Å². The van der Waals surface area contributed by atoms with Gasteiger partial charge in [-0.25, -0.2) is 4.99 Å². The van der Waals surface area contributed by atoms with E-state index < -0.39 is 0 Å². The van der Waals surface area contributed by atoms with Crippen molar-refractivity contribution in [2.75, 3.05) is 44.3 Å². The van der Waals surface area contributed by atoms with Crippen LogP contribution in [0.4, 0.5) is 5.69 Å². The van der Waals surface area contributed by atoms with Gasteiger partial charge in [0.05, 0.1) is 19.8 Å². The van der Waals surface area contributed by atoms with E-state index in [2.05, 4.69) is 64.2 Å². The normalized spacial score (nSPS) is 15.1. The number of morpholine rings is 1. The second kappa shape index (κ2) is 10.2. The molecule has 1 aromatic heterocycles. The van der Waals surface area contributed by atoms with Gasteiger partial charge in [0, 0.05) is 36.7 Å². The van der Waals surface area contributed by atoms with Crippen LogP contribution in [-0.4, -0.2) is 45.4 Å². The first-order valence-corrected chi connectivity index (χ1v) is 10.2. The van der Waals surface area contributed by atoms with Crippen LogP contribution < -0.4 is 15.5 Å². The summed E-state index contributed by atoms with van der Waals surface area (Å²) in [6, 6.07) is 12.8. The van der Waals surface area contributed by atoms with Gasteiger partial charge < -0.3 is 20.3 Å². The zero-order valence-electron chi connectivity index (χ0n) is 15.4. The SMILES string of the molecule is CCNC(=NCc1ccccc1N1CCOCC1)NCCc1cccs1. The molecule has 1 saturated heterocycles. The highest BCUT2D eigenvalue weighted by Crippen LogP contribution is 2.22. The van der Waals surface area contributed by atoms with Crippen LogP contribution in [-0.2, 0) is 17.7 Å². The summed E-state index contributed by atoms with van der Waals surface area (Å²) in [7, 11) is 0. The Balaban J connectivity index is 1.61. The number of rotatable bonds is 7. The van der Waals surface area contributed by atoms with E-state index in [0.29, 0.717) is 6.54 Å². The molecule has 0 aliphatic carbocycles. The van der Waals surface area contributed by atoms with Crippen LogP contribution in [0, 0.1) is 0 Å². The van der Waals surface area contributed by atoms with Crippen molar-refractivity contribution >= 4 is 23.0 Å². The van der Waals surface area contributed by atoms with E-state index in [1.165, 1.54) is 16.1 Å². The molecule has 0 radical (unpaired) electrons. The van der Waals surface area contributed by atoms with Crippen molar-refractivity contribution < 1.29 is 4.74 Å². The lowest BCUT2D eigenvalue weighted by Gasteiger charge is -2.30. The van der Waals surface area contributed by atoms with Gasteiger partial charge in [-0.05, 0) is 36.4 Å². The van der Waals surface area contributed by atoms with Gasteiger partial charge >= 0.3 is 0 Å². The summed E-state index contributed by atoms with van der Waals surface area (Å²) >= 11 is 1.80. The Kier molecular flexibility index (Phi) is 7.34.